The molecule has 0 aliphatic heterocycles. The summed E-state index contributed by atoms with van der Waals surface area (Å²) in [4.78, 5) is 17.8. The van der Waals surface area contributed by atoms with Crippen molar-refractivity contribution in [2.75, 3.05) is 0 Å². The molecule has 0 amide bonds. The number of ether oxygens (including phenoxy) is 1. The molecule has 180 valence electrons. The summed E-state index contributed by atoms with van der Waals surface area (Å²) in [7, 11) is 1.84. The topological polar surface area (TPSA) is 134 Å². The van der Waals surface area contributed by atoms with Crippen molar-refractivity contribution in [2.45, 2.75) is 70.9 Å². The van der Waals surface area contributed by atoms with Gasteiger partial charge in [0.25, 0.3) is 0 Å². The summed E-state index contributed by atoms with van der Waals surface area (Å²) in [6, 6.07) is 3.79. The van der Waals surface area contributed by atoms with Gasteiger partial charge in [0.05, 0.1) is 29.1 Å². The summed E-state index contributed by atoms with van der Waals surface area (Å²) in [6.45, 7) is 2.43. The van der Waals surface area contributed by atoms with Gasteiger partial charge in [-0.3, -0.25) is 4.79 Å². The Balaban J connectivity index is 1.34. The first kappa shape index (κ1) is 22.4. The van der Waals surface area contributed by atoms with Crippen molar-refractivity contribution in [3.8, 4) is 17.1 Å². The van der Waals surface area contributed by atoms with Gasteiger partial charge in [-0.25, -0.2) is 9.67 Å². The fourth-order valence-electron chi connectivity index (χ4n) is 4.53. The van der Waals surface area contributed by atoms with Gasteiger partial charge in [0.15, 0.2) is 5.82 Å². The number of pyridine rings is 1. The van der Waals surface area contributed by atoms with E-state index < -0.39 is 5.97 Å². The van der Waals surface area contributed by atoms with Crippen LogP contribution in [0.15, 0.2) is 12.1 Å². The zero-order valence-corrected chi connectivity index (χ0v) is 19.6. The summed E-state index contributed by atoms with van der Waals surface area (Å²) in [6.07, 6.45) is 6.91. The minimum Gasteiger partial charge on any atom is -0.488 e. The average molecular weight is 467 g/mol. The first-order valence-corrected chi connectivity index (χ1v) is 12.0. The molecule has 3 aromatic rings. The van der Waals surface area contributed by atoms with Crippen molar-refractivity contribution in [2.24, 2.45) is 18.9 Å². The Bertz CT molecular complexity index is 1170. The predicted octanol–water partition coefficient (Wildman–Crippen LogP) is 2.45. The van der Waals surface area contributed by atoms with Crippen molar-refractivity contribution < 1.29 is 14.6 Å². The highest BCUT2D eigenvalue weighted by molar-refractivity contribution is 5.70. The summed E-state index contributed by atoms with van der Waals surface area (Å²) in [5.41, 5.74) is 3.04. The standard InChI is InChI=1S/C23H30N8O3/c1-3-17-20(34-16-6-4-5-15(12-16)23(32)33)10-9-18(24-17)22-19(30(2)28-26-22)13-31-27-21(25-29-31)11-14-7-8-14/h9-10,14-16H,3-8,11-13H2,1-2H3,(H,32,33)/t15-,16-/m0/s1. The molecule has 11 nitrogen and oxygen atoms in total. The Hall–Kier alpha value is -3.37. The number of tetrazole rings is 1. The smallest absolute Gasteiger partial charge is 0.306 e. The molecule has 0 radical (unpaired) electrons. The molecule has 0 aromatic carbocycles. The number of hydrogen-bond donors (Lipinski definition) is 1. The first-order chi connectivity index (χ1) is 16.5. The Labute approximate surface area is 197 Å². The monoisotopic (exact) mass is 466 g/mol. The van der Waals surface area contributed by atoms with Gasteiger partial charge in [-0.05, 0) is 68.2 Å². The van der Waals surface area contributed by atoms with E-state index in [1.807, 2.05) is 26.1 Å². The number of aliphatic carboxylic acids is 1. The number of carboxylic acid groups (broad SMARTS) is 1. The van der Waals surface area contributed by atoms with E-state index in [0.29, 0.717) is 48.9 Å². The second kappa shape index (κ2) is 9.47. The lowest BCUT2D eigenvalue weighted by Gasteiger charge is -2.28. The van der Waals surface area contributed by atoms with Gasteiger partial charge in [0.2, 0.25) is 0 Å². The van der Waals surface area contributed by atoms with Gasteiger partial charge >= 0.3 is 5.97 Å². The van der Waals surface area contributed by atoms with Crippen LogP contribution in [-0.2, 0) is 31.2 Å². The van der Waals surface area contributed by atoms with Crippen molar-refractivity contribution in [3.63, 3.8) is 0 Å². The van der Waals surface area contributed by atoms with Gasteiger partial charge < -0.3 is 9.84 Å². The van der Waals surface area contributed by atoms with E-state index in [1.54, 1.807) is 9.48 Å². The van der Waals surface area contributed by atoms with Gasteiger partial charge in [-0.2, -0.15) is 4.80 Å². The Morgan fingerprint density at radius 3 is 2.79 bits per heavy atom. The average Bonchev–Trinajstić information content (AvgIpc) is 3.43. The molecule has 3 heterocycles. The van der Waals surface area contributed by atoms with Crippen LogP contribution >= 0.6 is 0 Å². The van der Waals surface area contributed by atoms with Crippen LogP contribution in [0.2, 0.25) is 0 Å². The van der Waals surface area contributed by atoms with E-state index in [1.165, 1.54) is 12.8 Å². The minimum absolute atomic E-state index is 0.108. The second-order valence-electron chi connectivity index (χ2n) is 9.33. The maximum absolute atomic E-state index is 11.4. The molecule has 2 aliphatic rings. The molecule has 2 aliphatic carbocycles. The third-order valence-electron chi connectivity index (χ3n) is 6.68. The van der Waals surface area contributed by atoms with Crippen LogP contribution in [0.5, 0.6) is 5.75 Å². The van der Waals surface area contributed by atoms with Crippen molar-refractivity contribution in [1.82, 2.24) is 40.2 Å². The zero-order valence-electron chi connectivity index (χ0n) is 19.6. The summed E-state index contributed by atoms with van der Waals surface area (Å²) in [5, 5.41) is 30.8. The number of nitrogens with zero attached hydrogens (tertiary/aromatic N) is 8. The molecule has 34 heavy (non-hydrogen) atoms. The summed E-state index contributed by atoms with van der Waals surface area (Å²) < 4.78 is 7.93. The highest BCUT2D eigenvalue weighted by Gasteiger charge is 2.29. The van der Waals surface area contributed by atoms with Gasteiger partial charge in [-0.15, -0.1) is 15.3 Å². The molecule has 0 bridgehead atoms. The van der Waals surface area contributed by atoms with E-state index in [-0.39, 0.29) is 12.0 Å². The Morgan fingerprint density at radius 1 is 1.18 bits per heavy atom. The highest BCUT2D eigenvalue weighted by atomic mass is 16.5. The number of hydrogen-bond acceptors (Lipinski definition) is 8. The van der Waals surface area contributed by atoms with Crippen molar-refractivity contribution >= 4 is 5.97 Å². The van der Waals surface area contributed by atoms with E-state index in [2.05, 4.69) is 25.7 Å². The molecule has 0 saturated heterocycles. The number of rotatable bonds is 9. The largest absolute Gasteiger partial charge is 0.488 e. The van der Waals surface area contributed by atoms with Crippen LogP contribution in [0, 0.1) is 11.8 Å². The highest BCUT2D eigenvalue weighted by Crippen LogP contribution is 2.32. The molecule has 2 atom stereocenters. The molecule has 0 unspecified atom stereocenters. The summed E-state index contributed by atoms with van der Waals surface area (Å²) in [5.74, 6) is 1.10. The molecule has 0 spiro atoms. The lowest BCUT2D eigenvalue weighted by atomic mass is 9.87. The second-order valence-corrected chi connectivity index (χ2v) is 9.33. The van der Waals surface area contributed by atoms with Gasteiger partial charge in [0.1, 0.15) is 18.0 Å². The molecule has 3 aromatic heterocycles. The minimum atomic E-state index is -0.741. The van der Waals surface area contributed by atoms with Crippen LogP contribution < -0.4 is 4.74 Å². The molecular weight excluding hydrogens is 436 g/mol. The fraction of sp³-hybridized carbons (Fsp3) is 0.609. The molecule has 5 rings (SSSR count). The Morgan fingerprint density at radius 2 is 2.03 bits per heavy atom. The van der Waals surface area contributed by atoms with E-state index in [4.69, 9.17) is 9.72 Å². The van der Waals surface area contributed by atoms with Crippen LogP contribution in [0.1, 0.15) is 62.7 Å². The van der Waals surface area contributed by atoms with Crippen molar-refractivity contribution in [3.05, 3.63) is 29.3 Å². The molecule has 11 heteroatoms. The quantitative estimate of drug-likeness (QED) is 0.504. The predicted molar refractivity (Wildman–Crippen MR) is 121 cm³/mol. The molecule has 2 saturated carbocycles. The van der Waals surface area contributed by atoms with E-state index >= 15 is 0 Å². The molecule has 1 N–H and O–H groups in total. The van der Waals surface area contributed by atoms with Crippen molar-refractivity contribution in [1.29, 1.82) is 0 Å². The number of aromatic nitrogens is 8. The maximum Gasteiger partial charge on any atom is 0.306 e. The van der Waals surface area contributed by atoms with Gasteiger partial charge in [-0.1, -0.05) is 12.1 Å². The third kappa shape index (κ3) is 4.92. The van der Waals surface area contributed by atoms with Gasteiger partial charge in [0, 0.05) is 13.5 Å². The number of carbonyl (C=O) groups is 1. The van der Waals surface area contributed by atoms with Crippen LogP contribution in [0.3, 0.4) is 0 Å². The van der Waals surface area contributed by atoms with E-state index in [0.717, 1.165) is 36.5 Å². The Kier molecular flexibility index (Phi) is 6.25. The van der Waals surface area contributed by atoms with E-state index in [9.17, 15) is 9.90 Å². The summed E-state index contributed by atoms with van der Waals surface area (Å²) >= 11 is 0. The molecular formula is C23H30N8O3. The number of aryl methyl sites for hydroxylation is 2. The lowest BCUT2D eigenvalue weighted by Crippen LogP contribution is -2.29. The first-order valence-electron chi connectivity index (χ1n) is 12.0. The lowest BCUT2D eigenvalue weighted by molar-refractivity contribution is -0.143. The number of carboxylic acids is 1. The normalized spacial score (nSPS) is 20.4. The van der Waals surface area contributed by atoms with Crippen LogP contribution in [0.25, 0.3) is 11.4 Å². The maximum atomic E-state index is 11.4. The van der Waals surface area contributed by atoms with Crippen LogP contribution in [0.4, 0.5) is 0 Å². The third-order valence-corrected chi connectivity index (χ3v) is 6.68. The van der Waals surface area contributed by atoms with Crippen LogP contribution in [-0.4, -0.2) is 57.4 Å². The molecule has 2 fully saturated rings. The fourth-order valence-corrected chi connectivity index (χ4v) is 4.53. The SMILES string of the molecule is CCc1nc(-c2nnn(C)c2Cn2nnc(CC3CC3)n2)ccc1O[C@H]1CCC[C@H](C(=O)O)C1. The zero-order chi connectivity index (χ0) is 23.7.